The lowest BCUT2D eigenvalue weighted by atomic mass is 10.1. The summed E-state index contributed by atoms with van der Waals surface area (Å²) in [4.78, 5) is 10.7. The van der Waals surface area contributed by atoms with Crippen molar-refractivity contribution in [3.63, 3.8) is 0 Å². The Morgan fingerprint density at radius 2 is 2.31 bits per heavy atom. The third kappa shape index (κ3) is 3.47. The first-order chi connectivity index (χ1) is 7.65. The van der Waals surface area contributed by atoms with Crippen molar-refractivity contribution < 1.29 is 14.3 Å². The maximum atomic E-state index is 13.3. The van der Waals surface area contributed by atoms with Gasteiger partial charge in [0.15, 0.2) is 0 Å². The lowest BCUT2D eigenvalue weighted by Gasteiger charge is -1.99. The second-order valence-electron chi connectivity index (χ2n) is 3.34. The van der Waals surface area contributed by atoms with Crippen LogP contribution in [-0.4, -0.2) is 24.7 Å². The zero-order valence-corrected chi connectivity index (χ0v) is 9.03. The highest BCUT2D eigenvalue weighted by Crippen LogP contribution is 2.12. The first kappa shape index (κ1) is 12.4. The maximum Gasteiger partial charge on any atom is 0.335 e. The average Bonchev–Trinajstić information content (AvgIpc) is 2.26. The molecule has 0 unspecified atom stereocenters. The van der Waals surface area contributed by atoms with E-state index in [4.69, 9.17) is 5.11 Å². The summed E-state index contributed by atoms with van der Waals surface area (Å²) in [5.74, 6) is -1.46. The highest BCUT2D eigenvalue weighted by atomic mass is 19.1. The predicted molar refractivity (Wildman–Crippen MR) is 60.9 cm³/mol. The highest BCUT2D eigenvalue weighted by Gasteiger charge is 2.05. The quantitative estimate of drug-likeness (QED) is 0.752. The molecule has 0 amide bonds. The van der Waals surface area contributed by atoms with E-state index in [2.05, 4.69) is 5.32 Å². The Labute approximate surface area is 93.6 Å². The summed E-state index contributed by atoms with van der Waals surface area (Å²) in [6.07, 6.45) is 4.17. The van der Waals surface area contributed by atoms with Crippen molar-refractivity contribution >= 4 is 12.0 Å². The molecule has 86 valence electrons. The van der Waals surface area contributed by atoms with Gasteiger partial charge in [-0.1, -0.05) is 12.2 Å². The standard InChI is InChI=1S/C12H14FNO2/c1-14-7-3-2-4-9-8-10(12(15)16)5-6-11(9)13/h2,4-6,8,14H,3,7H2,1H3,(H,15,16). The topological polar surface area (TPSA) is 49.3 Å². The molecule has 1 aromatic carbocycles. The number of carbonyl (C=O) groups is 1. The van der Waals surface area contributed by atoms with Gasteiger partial charge in [-0.05, 0) is 38.2 Å². The molecule has 3 nitrogen and oxygen atoms in total. The van der Waals surface area contributed by atoms with Gasteiger partial charge in [-0.3, -0.25) is 0 Å². The fraction of sp³-hybridized carbons (Fsp3) is 0.250. The lowest BCUT2D eigenvalue weighted by Crippen LogP contribution is -2.05. The average molecular weight is 223 g/mol. The molecule has 0 spiro atoms. The second kappa shape index (κ2) is 6.02. The van der Waals surface area contributed by atoms with Crippen molar-refractivity contribution in [3.05, 3.63) is 41.2 Å². The number of hydrogen-bond acceptors (Lipinski definition) is 2. The maximum absolute atomic E-state index is 13.3. The Morgan fingerprint density at radius 3 is 2.94 bits per heavy atom. The Kier molecular flexibility index (Phi) is 4.66. The molecule has 0 atom stereocenters. The number of halogens is 1. The first-order valence-electron chi connectivity index (χ1n) is 4.99. The van der Waals surface area contributed by atoms with Crippen LogP contribution in [0.25, 0.3) is 6.08 Å². The van der Waals surface area contributed by atoms with Crippen LogP contribution in [-0.2, 0) is 0 Å². The Balaban J connectivity index is 2.82. The third-order valence-electron chi connectivity index (χ3n) is 2.10. The Bertz CT molecular complexity index is 402. The molecular weight excluding hydrogens is 209 g/mol. The van der Waals surface area contributed by atoms with Gasteiger partial charge in [0.2, 0.25) is 0 Å². The van der Waals surface area contributed by atoms with Crippen LogP contribution >= 0.6 is 0 Å². The van der Waals surface area contributed by atoms with Gasteiger partial charge in [0, 0.05) is 5.56 Å². The van der Waals surface area contributed by atoms with Crippen LogP contribution in [0.3, 0.4) is 0 Å². The summed E-state index contributed by atoms with van der Waals surface area (Å²) in [5.41, 5.74) is 0.394. The van der Waals surface area contributed by atoms with Crippen molar-refractivity contribution in [2.24, 2.45) is 0 Å². The molecule has 0 saturated heterocycles. The monoisotopic (exact) mass is 223 g/mol. The molecule has 0 aromatic heterocycles. The molecule has 0 bridgehead atoms. The summed E-state index contributed by atoms with van der Waals surface area (Å²) in [5, 5.41) is 11.7. The summed E-state index contributed by atoms with van der Waals surface area (Å²) in [6, 6.07) is 3.75. The molecule has 0 aliphatic rings. The number of rotatable bonds is 5. The highest BCUT2D eigenvalue weighted by molar-refractivity contribution is 5.88. The molecule has 0 aliphatic carbocycles. The van der Waals surface area contributed by atoms with Gasteiger partial charge >= 0.3 is 5.97 Å². The summed E-state index contributed by atoms with van der Waals surface area (Å²) < 4.78 is 13.3. The molecule has 16 heavy (non-hydrogen) atoms. The van der Waals surface area contributed by atoms with Gasteiger partial charge in [-0.2, -0.15) is 0 Å². The van der Waals surface area contributed by atoms with Crippen LogP contribution in [0, 0.1) is 5.82 Å². The summed E-state index contributed by atoms with van der Waals surface area (Å²) in [6.45, 7) is 0.802. The van der Waals surface area contributed by atoms with E-state index in [-0.39, 0.29) is 5.56 Å². The fourth-order valence-electron chi connectivity index (χ4n) is 1.24. The third-order valence-corrected chi connectivity index (χ3v) is 2.10. The van der Waals surface area contributed by atoms with Gasteiger partial charge < -0.3 is 10.4 Å². The molecular formula is C12H14FNO2. The Hall–Kier alpha value is -1.68. The Morgan fingerprint density at radius 1 is 1.56 bits per heavy atom. The number of hydrogen-bond donors (Lipinski definition) is 2. The van der Waals surface area contributed by atoms with Gasteiger partial charge in [-0.25, -0.2) is 9.18 Å². The summed E-state index contributed by atoms with van der Waals surface area (Å²) in [7, 11) is 1.83. The van der Waals surface area contributed by atoms with E-state index in [1.807, 2.05) is 7.05 Å². The molecule has 0 radical (unpaired) electrons. The minimum atomic E-state index is -1.05. The smallest absolute Gasteiger partial charge is 0.335 e. The number of carboxylic acid groups (broad SMARTS) is 1. The van der Waals surface area contributed by atoms with Crippen molar-refractivity contribution in [2.45, 2.75) is 6.42 Å². The van der Waals surface area contributed by atoms with Crippen molar-refractivity contribution in [1.29, 1.82) is 0 Å². The van der Waals surface area contributed by atoms with Crippen molar-refractivity contribution in [2.75, 3.05) is 13.6 Å². The van der Waals surface area contributed by atoms with E-state index in [1.54, 1.807) is 12.2 Å². The molecule has 0 aliphatic heterocycles. The summed E-state index contributed by atoms with van der Waals surface area (Å²) >= 11 is 0. The van der Waals surface area contributed by atoms with E-state index < -0.39 is 11.8 Å². The first-order valence-corrected chi connectivity index (χ1v) is 4.99. The van der Waals surface area contributed by atoms with E-state index in [0.29, 0.717) is 5.56 Å². The van der Waals surface area contributed by atoms with E-state index in [9.17, 15) is 9.18 Å². The lowest BCUT2D eigenvalue weighted by molar-refractivity contribution is 0.0697. The molecule has 1 aromatic rings. The van der Waals surface area contributed by atoms with E-state index in [0.717, 1.165) is 13.0 Å². The van der Waals surface area contributed by atoms with Crippen LogP contribution in [0.4, 0.5) is 4.39 Å². The fourth-order valence-corrected chi connectivity index (χ4v) is 1.24. The number of nitrogens with one attached hydrogen (secondary N) is 1. The van der Waals surface area contributed by atoms with E-state index >= 15 is 0 Å². The SMILES string of the molecule is CNCCC=Cc1cc(C(=O)O)ccc1F. The molecule has 0 fully saturated rings. The van der Waals surface area contributed by atoms with Crippen LogP contribution in [0.1, 0.15) is 22.3 Å². The number of benzene rings is 1. The van der Waals surface area contributed by atoms with Crippen LogP contribution in [0.15, 0.2) is 24.3 Å². The molecule has 4 heteroatoms. The molecule has 1 rings (SSSR count). The number of carboxylic acids is 1. The van der Waals surface area contributed by atoms with Crippen molar-refractivity contribution in [1.82, 2.24) is 5.32 Å². The van der Waals surface area contributed by atoms with Crippen LogP contribution in [0.5, 0.6) is 0 Å². The van der Waals surface area contributed by atoms with Crippen molar-refractivity contribution in [3.8, 4) is 0 Å². The van der Waals surface area contributed by atoms with Crippen LogP contribution < -0.4 is 5.32 Å². The molecule has 2 N–H and O–H groups in total. The largest absolute Gasteiger partial charge is 0.478 e. The van der Waals surface area contributed by atoms with Gasteiger partial charge in [-0.15, -0.1) is 0 Å². The second-order valence-corrected chi connectivity index (χ2v) is 3.34. The zero-order valence-electron chi connectivity index (χ0n) is 9.03. The molecule has 0 saturated carbocycles. The predicted octanol–water partition coefficient (Wildman–Crippen LogP) is 2.15. The van der Waals surface area contributed by atoms with Crippen LogP contribution in [0.2, 0.25) is 0 Å². The van der Waals surface area contributed by atoms with E-state index in [1.165, 1.54) is 18.2 Å². The normalized spacial score (nSPS) is 10.9. The minimum Gasteiger partial charge on any atom is -0.478 e. The molecule has 0 heterocycles. The number of aromatic carboxylic acids is 1. The zero-order chi connectivity index (χ0) is 12.0. The minimum absolute atomic E-state index is 0.0923. The van der Waals surface area contributed by atoms with Gasteiger partial charge in [0.05, 0.1) is 5.56 Å². The van der Waals surface area contributed by atoms with Gasteiger partial charge in [0.25, 0.3) is 0 Å². The van der Waals surface area contributed by atoms with Gasteiger partial charge in [0.1, 0.15) is 5.82 Å².